The van der Waals surface area contributed by atoms with Crippen LogP contribution in [0.5, 0.6) is 5.75 Å². The summed E-state index contributed by atoms with van der Waals surface area (Å²) in [6, 6.07) is 9.86. The summed E-state index contributed by atoms with van der Waals surface area (Å²) < 4.78 is 16.4. The van der Waals surface area contributed by atoms with Gasteiger partial charge in [-0.2, -0.15) is 0 Å². The molecule has 0 aliphatic rings. The summed E-state index contributed by atoms with van der Waals surface area (Å²) >= 11 is -1.32. The number of hydrogen-bond acceptors (Lipinski definition) is 7. The van der Waals surface area contributed by atoms with E-state index in [1.807, 2.05) is 0 Å². The molecule has 2 aromatic rings. The highest BCUT2D eigenvalue weighted by molar-refractivity contribution is 7.88. The number of carbonyl (C=O) groups is 2. The molecular formula is C22H29BN4O5S. The van der Waals surface area contributed by atoms with Crippen LogP contribution < -0.4 is 20.5 Å². The maximum Gasteiger partial charge on any atom is 0.305 e. The lowest BCUT2D eigenvalue weighted by molar-refractivity contribution is 0.0358. The Morgan fingerprint density at radius 3 is 2.55 bits per heavy atom. The van der Waals surface area contributed by atoms with Gasteiger partial charge in [-0.3, -0.25) is 15.0 Å². The fraction of sp³-hybridized carbons (Fsp3) is 0.318. The fourth-order valence-electron chi connectivity index (χ4n) is 3.07. The van der Waals surface area contributed by atoms with Crippen molar-refractivity contribution < 1.29 is 23.9 Å². The van der Waals surface area contributed by atoms with E-state index in [0.29, 0.717) is 27.9 Å². The lowest BCUT2D eigenvalue weighted by Gasteiger charge is -2.35. The maximum absolute atomic E-state index is 13.4. The van der Waals surface area contributed by atoms with Crippen LogP contribution >= 0.6 is 0 Å². The topological polar surface area (TPSA) is 126 Å². The molecule has 1 unspecified atom stereocenters. The van der Waals surface area contributed by atoms with Crippen molar-refractivity contribution in [1.82, 2.24) is 15.3 Å². The summed E-state index contributed by atoms with van der Waals surface area (Å²) in [6.07, 6.45) is 2.85. The van der Waals surface area contributed by atoms with Crippen LogP contribution in [0.4, 0.5) is 0 Å². The molecule has 0 saturated carbocycles. The van der Waals surface area contributed by atoms with Gasteiger partial charge in [0, 0.05) is 16.7 Å². The molecule has 176 valence electrons. The predicted molar refractivity (Wildman–Crippen MR) is 131 cm³/mol. The highest BCUT2D eigenvalue weighted by atomic mass is 32.2. The van der Waals surface area contributed by atoms with Crippen LogP contribution in [-0.2, 0) is 11.4 Å². The van der Waals surface area contributed by atoms with Crippen molar-refractivity contribution in [3.05, 3.63) is 58.7 Å². The van der Waals surface area contributed by atoms with Gasteiger partial charge in [0.15, 0.2) is 0 Å². The number of nitrogens with one attached hydrogen (secondary N) is 2. The zero-order valence-electron chi connectivity index (χ0n) is 19.6. The van der Waals surface area contributed by atoms with Gasteiger partial charge in [0.05, 0.1) is 30.2 Å². The first-order valence-corrected chi connectivity index (χ1v) is 11.7. The Hall–Kier alpha value is -3.02. The second-order valence-electron chi connectivity index (χ2n) is 8.26. The number of hydrazone groups is 1. The van der Waals surface area contributed by atoms with Crippen molar-refractivity contribution in [3.63, 3.8) is 0 Å². The molecule has 0 fully saturated rings. The molecule has 2 rings (SSSR count). The molecule has 0 aliphatic heterocycles. The third-order valence-corrected chi connectivity index (χ3v) is 5.14. The van der Waals surface area contributed by atoms with E-state index in [-0.39, 0.29) is 13.0 Å². The second-order valence-corrected chi connectivity index (χ2v) is 9.35. The number of nitrogens with zero attached hydrogens (tertiary/aromatic N) is 2. The van der Waals surface area contributed by atoms with Crippen molar-refractivity contribution in [2.45, 2.75) is 33.2 Å². The summed E-state index contributed by atoms with van der Waals surface area (Å²) in [5, 5.41) is 14.9. The van der Waals surface area contributed by atoms with E-state index in [9.17, 15) is 19.2 Å². The average molecular weight is 472 g/mol. The highest BCUT2D eigenvalue weighted by Gasteiger charge is 2.30. The summed E-state index contributed by atoms with van der Waals surface area (Å²) in [5.74, 6) is -0.315. The van der Waals surface area contributed by atoms with Gasteiger partial charge in [-0.25, -0.2) is 5.01 Å². The molecule has 0 aliphatic carbocycles. The molecule has 2 amide bonds. The molecule has 0 heterocycles. The zero-order chi connectivity index (χ0) is 24.8. The monoisotopic (exact) mass is 472 g/mol. The third-order valence-electron chi connectivity index (χ3n) is 4.78. The summed E-state index contributed by atoms with van der Waals surface area (Å²) in [6.45, 7) is 7.17. The minimum Gasteiger partial charge on any atom is -0.592 e. The molecule has 0 bridgehead atoms. The van der Waals surface area contributed by atoms with Gasteiger partial charge in [0.1, 0.15) is 12.0 Å². The molecule has 0 aromatic heterocycles. The van der Waals surface area contributed by atoms with Crippen molar-refractivity contribution in [2.75, 3.05) is 13.4 Å². The Morgan fingerprint density at radius 1 is 1.27 bits per heavy atom. The van der Waals surface area contributed by atoms with E-state index in [4.69, 9.17) is 4.74 Å². The lowest BCUT2D eigenvalue weighted by Crippen LogP contribution is -2.56. The van der Waals surface area contributed by atoms with Gasteiger partial charge < -0.3 is 14.3 Å². The number of rotatable bonds is 7. The molecule has 0 saturated heterocycles. The number of hydrazine groups is 1. The standard InChI is InChI=1S/C22H29BN4O5S/c1-14-17(8-7-9-19(14)32-5)20(28)25-27(22(2,3)4)21(29)15-10-11-16(18(12-15)23-30)13-24-26-33(6)31/h7-13,23,26,30H,1-6H3,(H,25,28)/b24-13-. The van der Waals surface area contributed by atoms with Crippen LogP contribution in [0.15, 0.2) is 41.5 Å². The molecule has 11 heteroatoms. The molecule has 0 radical (unpaired) electrons. The number of hydrogen-bond donors (Lipinski definition) is 3. The fourth-order valence-corrected chi connectivity index (χ4v) is 3.27. The molecular weight excluding hydrogens is 443 g/mol. The lowest BCUT2D eigenvalue weighted by atomic mass is 9.83. The Kier molecular flexibility index (Phi) is 8.92. The van der Waals surface area contributed by atoms with Gasteiger partial charge >= 0.3 is 7.48 Å². The molecule has 9 nitrogen and oxygen atoms in total. The minimum absolute atomic E-state index is 0.279. The number of benzene rings is 2. The van der Waals surface area contributed by atoms with Crippen LogP contribution in [0.3, 0.4) is 0 Å². The van der Waals surface area contributed by atoms with E-state index < -0.39 is 28.7 Å². The largest absolute Gasteiger partial charge is 0.592 e. The van der Waals surface area contributed by atoms with E-state index in [1.165, 1.54) is 30.7 Å². The zero-order valence-corrected chi connectivity index (χ0v) is 20.4. The van der Waals surface area contributed by atoms with Crippen LogP contribution in [0.25, 0.3) is 0 Å². The minimum atomic E-state index is -1.32. The summed E-state index contributed by atoms with van der Waals surface area (Å²) in [5.41, 5.74) is 4.32. The third kappa shape index (κ3) is 6.73. The molecule has 0 spiro atoms. The van der Waals surface area contributed by atoms with Gasteiger partial charge in [-0.05, 0) is 56.9 Å². The van der Waals surface area contributed by atoms with Crippen LogP contribution in [0.2, 0.25) is 0 Å². The Morgan fingerprint density at radius 2 is 1.97 bits per heavy atom. The molecule has 3 N–H and O–H groups in total. The maximum atomic E-state index is 13.4. The number of ether oxygens (including phenoxy) is 1. The van der Waals surface area contributed by atoms with Crippen molar-refractivity contribution in [2.24, 2.45) is 5.10 Å². The summed E-state index contributed by atoms with van der Waals surface area (Å²) in [7, 11) is 1.20. The predicted octanol–water partition coefficient (Wildman–Crippen LogP) is 0.775. The van der Waals surface area contributed by atoms with Crippen LogP contribution in [0, 0.1) is 6.92 Å². The number of amides is 2. The van der Waals surface area contributed by atoms with E-state index in [0.717, 1.165) is 0 Å². The Bertz CT molecular complexity index is 1040. The molecule has 2 aromatic carbocycles. The first-order valence-electron chi connectivity index (χ1n) is 10.1. The smallest absolute Gasteiger partial charge is 0.305 e. The van der Waals surface area contributed by atoms with Gasteiger partial charge in [0.25, 0.3) is 11.8 Å². The second kappa shape index (κ2) is 11.2. The first kappa shape index (κ1) is 26.2. The van der Waals surface area contributed by atoms with E-state index >= 15 is 0 Å². The number of carbonyl (C=O) groups excluding carboxylic acids is 2. The Balaban J connectivity index is 2.35. The van der Waals surface area contributed by atoms with Crippen molar-refractivity contribution >= 4 is 42.3 Å². The van der Waals surface area contributed by atoms with Crippen molar-refractivity contribution in [1.29, 1.82) is 0 Å². The van der Waals surface area contributed by atoms with Crippen molar-refractivity contribution in [3.8, 4) is 5.75 Å². The van der Waals surface area contributed by atoms with E-state index in [1.54, 1.807) is 58.0 Å². The summed E-state index contributed by atoms with van der Waals surface area (Å²) in [4.78, 5) is 28.8. The van der Waals surface area contributed by atoms with Gasteiger partial charge in [-0.1, -0.05) is 18.2 Å². The first-order chi connectivity index (χ1) is 15.5. The quantitative estimate of drug-likeness (QED) is 0.237. The molecule has 1 atom stereocenters. The normalized spacial score (nSPS) is 12.2. The SMILES string of the molecule is COc1cccc(C(=O)NN(C(=O)c2ccc(/C=N\N[S+](C)[O-])c(BO)c2)C(C)(C)C)c1C. The van der Waals surface area contributed by atoms with E-state index in [2.05, 4.69) is 15.4 Å². The van der Waals surface area contributed by atoms with Crippen LogP contribution in [-0.4, -0.2) is 59.0 Å². The Labute approximate surface area is 197 Å². The average Bonchev–Trinajstić information content (AvgIpc) is 2.76. The molecule has 33 heavy (non-hydrogen) atoms. The van der Waals surface area contributed by atoms with Gasteiger partial charge in [0.2, 0.25) is 0 Å². The van der Waals surface area contributed by atoms with Gasteiger partial charge in [-0.15, -0.1) is 9.93 Å². The van der Waals surface area contributed by atoms with Crippen LogP contribution in [0.1, 0.15) is 52.6 Å². The highest BCUT2D eigenvalue weighted by Crippen LogP contribution is 2.22. The number of methoxy groups -OCH3 is 1.